The highest BCUT2D eigenvalue weighted by Crippen LogP contribution is 2.19. The number of anilines is 1. The molecular weight excluding hydrogens is 266 g/mol. The van der Waals surface area contributed by atoms with E-state index in [0.717, 1.165) is 36.3 Å². The smallest absolute Gasteiger partial charge is 0.0639 e. The lowest BCUT2D eigenvalue weighted by Gasteiger charge is -2.08. The van der Waals surface area contributed by atoms with Gasteiger partial charge in [0.25, 0.3) is 0 Å². The second-order valence-electron chi connectivity index (χ2n) is 3.86. The molecule has 1 aromatic rings. The van der Waals surface area contributed by atoms with Crippen LogP contribution in [0.3, 0.4) is 0 Å². The minimum Gasteiger partial charge on any atom is -0.383 e. The summed E-state index contributed by atoms with van der Waals surface area (Å²) in [6.45, 7) is 6.77. The molecule has 0 aromatic heterocycles. The quantitative estimate of drug-likeness (QED) is 0.765. The van der Waals surface area contributed by atoms with Gasteiger partial charge in [-0.25, -0.2) is 0 Å². The van der Waals surface area contributed by atoms with E-state index in [4.69, 9.17) is 4.74 Å². The molecule has 0 spiro atoms. The molecule has 2 nitrogen and oxygen atoms in total. The van der Waals surface area contributed by atoms with Gasteiger partial charge in [0.15, 0.2) is 0 Å². The van der Waals surface area contributed by atoms with Crippen LogP contribution in [0.5, 0.6) is 0 Å². The molecule has 1 N–H and O–H groups in total. The van der Waals surface area contributed by atoms with Crippen LogP contribution in [-0.4, -0.2) is 19.8 Å². The van der Waals surface area contributed by atoms with Gasteiger partial charge in [-0.15, -0.1) is 0 Å². The van der Waals surface area contributed by atoms with Crippen molar-refractivity contribution in [2.45, 2.75) is 26.7 Å². The van der Waals surface area contributed by atoms with Crippen molar-refractivity contribution >= 4 is 21.6 Å². The van der Waals surface area contributed by atoms with Gasteiger partial charge in [0, 0.05) is 23.3 Å². The number of rotatable bonds is 7. The zero-order valence-electron chi connectivity index (χ0n) is 10.1. The molecule has 0 aliphatic carbocycles. The number of aryl methyl sites for hydroxylation is 1. The summed E-state index contributed by atoms with van der Waals surface area (Å²) in [4.78, 5) is 0. The summed E-state index contributed by atoms with van der Waals surface area (Å²) >= 11 is 3.49. The Balaban J connectivity index is 2.19. The van der Waals surface area contributed by atoms with Crippen LogP contribution < -0.4 is 5.32 Å². The van der Waals surface area contributed by atoms with Crippen molar-refractivity contribution in [1.29, 1.82) is 0 Å². The number of benzene rings is 1. The average Bonchev–Trinajstić information content (AvgIpc) is 2.28. The molecule has 0 unspecified atom stereocenters. The van der Waals surface area contributed by atoms with Crippen molar-refractivity contribution in [3.05, 3.63) is 28.2 Å². The maximum Gasteiger partial charge on any atom is 0.0639 e. The Labute approximate surface area is 107 Å². The molecule has 0 atom stereocenters. The molecule has 0 saturated carbocycles. The highest BCUT2D eigenvalue weighted by atomic mass is 79.9. The zero-order chi connectivity index (χ0) is 11.8. The standard InChI is InChI=1S/C13H20BrNO/c1-3-4-8-16-9-7-15-12-5-6-13(14)11(2)10-12/h5-6,10,15H,3-4,7-9H2,1-2H3. The van der Waals surface area contributed by atoms with Crippen molar-refractivity contribution in [3.8, 4) is 0 Å². The zero-order valence-corrected chi connectivity index (χ0v) is 11.6. The lowest BCUT2D eigenvalue weighted by Crippen LogP contribution is -2.10. The first-order chi connectivity index (χ1) is 7.74. The van der Waals surface area contributed by atoms with E-state index in [0.29, 0.717) is 0 Å². The van der Waals surface area contributed by atoms with Crippen LogP contribution in [0.2, 0.25) is 0 Å². The first-order valence-corrected chi connectivity index (χ1v) is 6.61. The first kappa shape index (κ1) is 13.5. The molecule has 0 radical (unpaired) electrons. The molecule has 0 fully saturated rings. The van der Waals surface area contributed by atoms with E-state index < -0.39 is 0 Å². The fraction of sp³-hybridized carbons (Fsp3) is 0.538. The van der Waals surface area contributed by atoms with Crippen LogP contribution in [0.25, 0.3) is 0 Å². The summed E-state index contributed by atoms with van der Waals surface area (Å²) in [5.74, 6) is 0. The van der Waals surface area contributed by atoms with Gasteiger partial charge in [0.05, 0.1) is 6.61 Å². The Bertz CT molecular complexity index is 315. The van der Waals surface area contributed by atoms with E-state index in [1.807, 2.05) is 0 Å². The third kappa shape index (κ3) is 4.99. The van der Waals surface area contributed by atoms with Gasteiger partial charge in [-0.05, 0) is 37.1 Å². The maximum atomic E-state index is 5.48. The molecule has 0 aliphatic heterocycles. The summed E-state index contributed by atoms with van der Waals surface area (Å²) in [7, 11) is 0. The summed E-state index contributed by atoms with van der Waals surface area (Å²) in [6.07, 6.45) is 2.34. The number of halogens is 1. The molecular formula is C13H20BrNO. The number of nitrogens with one attached hydrogen (secondary N) is 1. The van der Waals surface area contributed by atoms with Gasteiger partial charge < -0.3 is 10.1 Å². The molecule has 3 heteroatoms. The molecule has 0 heterocycles. The number of ether oxygens (including phenoxy) is 1. The molecule has 0 amide bonds. The highest BCUT2D eigenvalue weighted by Gasteiger charge is 1.96. The third-order valence-corrected chi connectivity index (χ3v) is 3.27. The minimum atomic E-state index is 0.773. The fourth-order valence-corrected chi connectivity index (χ4v) is 1.62. The molecule has 90 valence electrons. The van der Waals surface area contributed by atoms with Gasteiger partial charge in [0.2, 0.25) is 0 Å². The molecule has 1 rings (SSSR count). The van der Waals surface area contributed by atoms with Gasteiger partial charge >= 0.3 is 0 Å². The molecule has 0 aliphatic rings. The summed E-state index contributed by atoms with van der Waals surface area (Å²) < 4.78 is 6.63. The van der Waals surface area contributed by atoms with Crippen LogP contribution >= 0.6 is 15.9 Å². The molecule has 1 aromatic carbocycles. The van der Waals surface area contributed by atoms with Gasteiger partial charge in [-0.2, -0.15) is 0 Å². The Morgan fingerprint density at radius 2 is 2.12 bits per heavy atom. The maximum absolute atomic E-state index is 5.48. The van der Waals surface area contributed by atoms with Crippen LogP contribution in [0, 0.1) is 6.92 Å². The monoisotopic (exact) mass is 285 g/mol. The Hall–Kier alpha value is -0.540. The lowest BCUT2D eigenvalue weighted by atomic mass is 10.2. The third-order valence-electron chi connectivity index (χ3n) is 2.38. The van der Waals surface area contributed by atoms with E-state index in [2.05, 4.69) is 53.3 Å². The van der Waals surface area contributed by atoms with Crippen LogP contribution in [-0.2, 0) is 4.74 Å². The number of hydrogen-bond donors (Lipinski definition) is 1. The normalized spacial score (nSPS) is 10.4. The van der Waals surface area contributed by atoms with E-state index in [-0.39, 0.29) is 0 Å². The minimum absolute atomic E-state index is 0.773. The van der Waals surface area contributed by atoms with Crippen molar-refractivity contribution < 1.29 is 4.74 Å². The van der Waals surface area contributed by atoms with Crippen LogP contribution in [0.1, 0.15) is 25.3 Å². The predicted octanol–water partition coefficient (Wildman–Crippen LogP) is 3.99. The van der Waals surface area contributed by atoms with Crippen LogP contribution in [0.15, 0.2) is 22.7 Å². The van der Waals surface area contributed by atoms with Crippen molar-refractivity contribution in [1.82, 2.24) is 0 Å². The Kier molecular flexibility index (Phi) is 6.50. The van der Waals surface area contributed by atoms with Crippen molar-refractivity contribution in [2.75, 3.05) is 25.1 Å². The first-order valence-electron chi connectivity index (χ1n) is 5.82. The average molecular weight is 286 g/mol. The lowest BCUT2D eigenvalue weighted by molar-refractivity contribution is 0.141. The second-order valence-corrected chi connectivity index (χ2v) is 4.71. The summed E-state index contributed by atoms with van der Waals surface area (Å²) in [5.41, 5.74) is 2.40. The van der Waals surface area contributed by atoms with Gasteiger partial charge in [-0.3, -0.25) is 0 Å². The predicted molar refractivity (Wildman–Crippen MR) is 73.1 cm³/mol. The number of unbranched alkanes of at least 4 members (excludes halogenated alkanes) is 1. The molecule has 0 bridgehead atoms. The van der Waals surface area contributed by atoms with Crippen molar-refractivity contribution in [2.24, 2.45) is 0 Å². The second kappa shape index (κ2) is 7.69. The largest absolute Gasteiger partial charge is 0.383 e. The number of hydrogen-bond acceptors (Lipinski definition) is 2. The summed E-state index contributed by atoms with van der Waals surface area (Å²) in [6, 6.07) is 6.27. The van der Waals surface area contributed by atoms with E-state index in [9.17, 15) is 0 Å². The van der Waals surface area contributed by atoms with Gasteiger partial charge in [0.1, 0.15) is 0 Å². The SMILES string of the molecule is CCCCOCCNc1ccc(Br)c(C)c1. The van der Waals surface area contributed by atoms with Crippen LogP contribution in [0.4, 0.5) is 5.69 Å². The highest BCUT2D eigenvalue weighted by molar-refractivity contribution is 9.10. The van der Waals surface area contributed by atoms with E-state index in [1.54, 1.807) is 0 Å². The molecule has 0 saturated heterocycles. The van der Waals surface area contributed by atoms with E-state index in [1.165, 1.54) is 12.0 Å². The Morgan fingerprint density at radius 1 is 1.31 bits per heavy atom. The van der Waals surface area contributed by atoms with Crippen molar-refractivity contribution in [3.63, 3.8) is 0 Å². The summed E-state index contributed by atoms with van der Waals surface area (Å²) in [5, 5.41) is 3.34. The Morgan fingerprint density at radius 3 is 2.81 bits per heavy atom. The molecule has 16 heavy (non-hydrogen) atoms. The topological polar surface area (TPSA) is 21.3 Å². The van der Waals surface area contributed by atoms with E-state index >= 15 is 0 Å². The fourth-order valence-electron chi connectivity index (χ4n) is 1.37. The van der Waals surface area contributed by atoms with Gasteiger partial charge in [-0.1, -0.05) is 29.3 Å².